The number of ether oxygens (including phenoxy) is 1. The number of anilines is 1. The Hall–Kier alpha value is -1.29. The highest BCUT2D eigenvalue weighted by Gasteiger charge is 2.28. The first-order valence-corrected chi connectivity index (χ1v) is 6.22. The minimum Gasteiger partial charge on any atom is -0.381 e. The molecule has 17 heavy (non-hydrogen) atoms. The lowest BCUT2D eigenvalue weighted by Crippen LogP contribution is -2.40. The highest BCUT2D eigenvalue weighted by molar-refractivity contribution is 5.42. The van der Waals surface area contributed by atoms with E-state index in [4.69, 9.17) is 4.74 Å². The molecule has 0 aromatic carbocycles. The maximum Gasteiger partial charge on any atom is 0.250 e. The fourth-order valence-corrected chi connectivity index (χ4v) is 2.14. The predicted molar refractivity (Wildman–Crippen MR) is 68.4 cm³/mol. The van der Waals surface area contributed by atoms with Crippen molar-refractivity contribution in [3.05, 3.63) is 28.7 Å². The van der Waals surface area contributed by atoms with Crippen LogP contribution in [0.25, 0.3) is 0 Å². The van der Waals surface area contributed by atoms with E-state index in [-0.39, 0.29) is 5.56 Å². The maximum absolute atomic E-state index is 11.5. The number of pyridine rings is 1. The van der Waals surface area contributed by atoms with Crippen LogP contribution >= 0.6 is 0 Å². The van der Waals surface area contributed by atoms with Gasteiger partial charge >= 0.3 is 0 Å². The molecule has 0 bridgehead atoms. The Kier molecular flexibility index (Phi) is 3.84. The predicted octanol–water partition coefficient (Wildman–Crippen LogP) is 1.85. The van der Waals surface area contributed by atoms with E-state index in [1.54, 1.807) is 17.7 Å². The molecule has 1 aromatic heterocycles. The van der Waals surface area contributed by atoms with Gasteiger partial charge in [-0.05, 0) is 25.3 Å². The van der Waals surface area contributed by atoms with Crippen LogP contribution in [0.2, 0.25) is 0 Å². The van der Waals surface area contributed by atoms with Crippen LogP contribution in [0.5, 0.6) is 0 Å². The maximum atomic E-state index is 11.5. The van der Waals surface area contributed by atoms with Gasteiger partial charge in [0.15, 0.2) is 0 Å². The first kappa shape index (κ1) is 12.2. The summed E-state index contributed by atoms with van der Waals surface area (Å²) in [6.07, 6.45) is 5.37. The summed E-state index contributed by atoms with van der Waals surface area (Å²) in [6, 6.07) is 3.96. The summed E-state index contributed by atoms with van der Waals surface area (Å²) in [7, 11) is 1.75. The van der Waals surface area contributed by atoms with Gasteiger partial charge < -0.3 is 14.6 Å². The molecule has 94 valence electrons. The quantitative estimate of drug-likeness (QED) is 0.848. The van der Waals surface area contributed by atoms with Gasteiger partial charge in [0.1, 0.15) is 0 Å². The Labute approximate surface area is 102 Å². The molecule has 1 fully saturated rings. The Bertz CT molecular complexity index is 422. The summed E-state index contributed by atoms with van der Waals surface area (Å²) < 4.78 is 7.00. The van der Waals surface area contributed by atoms with Crippen molar-refractivity contribution in [1.82, 2.24) is 4.57 Å². The zero-order chi connectivity index (χ0) is 12.3. The van der Waals surface area contributed by atoms with Crippen molar-refractivity contribution >= 4 is 5.69 Å². The first-order valence-electron chi connectivity index (χ1n) is 6.22. The van der Waals surface area contributed by atoms with Crippen LogP contribution in [-0.4, -0.2) is 23.8 Å². The zero-order valence-corrected chi connectivity index (χ0v) is 10.5. The van der Waals surface area contributed by atoms with Crippen molar-refractivity contribution in [2.24, 2.45) is 0 Å². The third kappa shape index (κ3) is 2.88. The van der Waals surface area contributed by atoms with E-state index in [1.165, 1.54) is 0 Å². The van der Waals surface area contributed by atoms with Gasteiger partial charge in [0.25, 0.3) is 5.56 Å². The van der Waals surface area contributed by atoms with Crippen LogP contribution in [0.3, 0.4) is 0 Å². The van der Waals surface area contributed by atoms with Crippen molar-refractivity contribution in [1.29, 1.82) is 0 Å². The van der Waals surface area contributed by atoms with Gasteiger partial charge in [-0.3, -0.25) is 4.79 Å². The molecule has 0 atom stereocenters. The van der Waals surface area contributed by atoms with E-state index < -0.39 is 0 Å². The van der Waals surface area contributed by atoms with E-state index >= 15 is 0 Å². The standard InChI is InChI=1S/C13H20N2O2/c1-3-6-15-9-10(4-5-13(15)16)14-11-7-12(8-11)17-2/h4-5,9,11-12,14H,3,6-8H2,1-2H3. The molecule has 1 saturated carbocycles. The molecule has 0 unspecified atom stereocenters. The molecule has 4 nitrogen and oxygen atoms in total. The third-order valence-corrected chi connectivity index (χ3v) is 3.25. The summed E-state index contributed by atoms with van der Waals surface area (Å²) in [4.78, 5) is 11.5. The van der Waals surface area contributed by atoms with Crippen LogP contribution in [0.1, 0.15) is 26.2 Å². The number of methoxy groups -OCH3 is 1. The van der Waals surface area contributed by atoms with E-state index in [2.05, 4.69) is 12.2 Å². The van der Waals surface area contributed by atoms with Crippen molar-refractivity contribution in [2.75, 3.05) is 12.4 Å². The summed E-state index contributed by atoms with van der Waals surface area (Å²) in [5.74, 6) is 0. The van der Waals surface area contributed by atoms with Gasteiger partial charge in [0, 0.05) is 32.0 Å². The lowest BCUT2D eigenvalue weighted by atomic mass is 9.89. The topological polar surface area (TPSA) is 43.3 Å². The molecule has 1 aliphatic rings. The van der Waals surface area contributed by atoms with Crippen molar-refractivity contribution in [3.63, 3.8) is 0 Å². The molecule has 4 heteroatoms. The van der Waals surface area contributed by atoms with Gasteiger partial charge in [0.05, 0.1) is 11.8 Å². The molecule has 0 radical (unpaired) electrons. The third-order valence-electron chi connectivity index (χ3n) is 3.25. The van der Waals surface area contributed by atoms with E-state index in [0.717, 1.165) is 31.5 Å². The zero-order valence-electron chi connectivity index (χ0n) is 10.5. The number of hydrogen-bond acceptors (Lipinski definition) is 3. The minimum absolute atomic E-state index is 0.0702. The summed E-state index contributed by atoms with van der Waals surface area (Å²) in [5.41, 5.74) is 1.10. The van der Waals surface area contributed by atoms with E-state index in [1.807, 2.05) is 12.3 Å². The van der Waals surface area contributed by atoms with Gasteiger partial charge in [-0.1, -0.05) is 6.92 Å². The number of rotatable bonds is 5. The summed E-state index contributed by atoms with van der Waals surface area (Å²) in [5, 5.41) is 3.43. The van der Waals surface area contributed by atoms with Crippen LogP contribution < -0.4 is 10.9 Å². The molecule has 1 N–H and O–H groups in total. The number of hydrogen-bond donors (Lipinski definition) is 1. The fraction of sp³-hybridized carbons (Fsp3) is 0.615. The van der Waals surface area contributed by atoms with Crippen LogP contribution in [0.4, 0.5) is 5.69 Å². The molecule has 0 spiro atoms. The second-order valence-corrected chi connectivity index (χ2v) is 4.62. The Morgan fingerprint density at radius 1 is 1.47 bits per heavy atom. The van der Waals surface area contributed by atoms with E-state index in [9.17, 15) is 4.79 Å². The molecule has 0 amide bonds. The summed E-state index contributed by atoms with van der Waals surface area (Å²) in [6.45, 7) is 2.85. The average Bonchev–Trinajstić information content (AvgIpc) is 2.27. The normalized spacial score (nSPS) is 23.2. The molecular formula is C13H20N2O2. The fourth-order valence-electron chi connectivity index (χ4n) is 2.14. The van der Waals surface area contributed by atoms with Gasteiger partial charge in [0.2, 0.25) is 0 Å². The molecule has 0 saturated heterocycles. The minimum atomic E-state index is 0.0702. The number of nitrogens with one attached hydrogen (secondary N) is 1. The van der Waals surface area contributed by atoms with Gasteiger partial charge in [-0.25, -0.2) is 0 Å². The highest BCUT2D eigenvalue weighted by Crippen LogP contribution is 2.25. The van der Waals surface area contributed by atoms with Crippen molar-refractivity contribution < 1.29 is 4.74 Å². The summed E-state index contributed by atoms with van der Waals surface area (Å²) >= 11 is 0. The monoisotopic (exact) mass is 236 g/mol. The van der Waals surface area contributed by atoms with Crippen LogP contribution in [0.15, 0.2) is 23.1 Å². The Balaban J connectivity index is 1.97. The Morgan fingerprint density at radius 2 is 2.24 bits per heavy atom. The van der Waals surface area contributed by atoms with Crippen LogP contribution in [-0.2, 0) is 11.3 Å². The Morgan fingerprint density at radius 3 is 2.88 bits per heavy atom. The van der Waals surface area contributed by atoms with Crippen molar-refractivity contribution in [2.45, 2.75) is 44.9 Å². The number of aryl methyl sites for hydroxylation is 1. The first-order chi connectivity index (χ1) is 8.22. The molecule has 1 aromatic rings. The lowest BCUT2D eigenvalue weighted by molar-refractivity contribution is 0.0328. The van der Waals surface area contributed by atoms with Crippen LogP contribution in [0, 0.1) is 0 Å². The largest absolute Gasteiger partial charge is 0.381 e. The lowest BCUT2D eigenvalue weighted by Gasteiger charge is -2.35. The molecule has 1 heterocycles. The molecule has 2 rings (SSSR count). The molecule has 1 aliphatic carbocycles. The second-order valence-electron chi connectivity index (χ2n) is 4.62. The second kappa shape index (κ2) is 5.36. The highest BCUT2D eigenvalue weighted by atomic mass is 16.5. The van der Waals surface area contributed by atoms with Gasteiger partial charge in [-0.15, -0.1) is 0 Å². The van der Waals surface area contributed by atoms with Gasteiger partial charge in [-0.2, -0.15) is 0 Å². The molecular weight excluding hydrogens is 216 g/mol. The molecule has 0 aliphatic heterocycles. The SMILES string of the molecule is CCCn1cc(NC2CC(OC)C2)ccc1=O. The average molecular weight is 236 g/mol. The number of aromatic nitrogens is 1. The smallest absolute Gasteiger partial charge is 0.250 e. The number of nitrogens with zero attached hydrogens (tertiary/aromatic N) is 1. The van der Waals surface area contributed by atoms with Crippen molar-refractivity contribution in [3.8, 4) is 0 Å². The van der Waals surface area contributed by atoms with E-state index in [0.29, 0.717) is 12.1 Å².